The van der Waals surface area contributed by atoms with E-state index in [0.717, 1.165) is 6.42 Å². The topological polar surface area (TPSA) is 51.5 Å². The van der Waals surface area contributed by atoms with Crippen molar-refractivity contribution in [3.05, 3.63) is 11.8 Å². The fraction of sp³-hybridized carbons (Fsp3) is 0.700. The highest BCUT2D eigenvalue weighted by Crippen LogP contribution is 2.23. The molecule has 4 nitrogen and oxygen atoms in total. The van der Waals surface area contributed by atoms with Gasteiger partial charge in [-0.1, -0.05) is 6.92 Å². The van der Waals surface area contributed by atoms with E-state index >= 15 is 0 Å². The fourth-order valence-corrected chi connectivity index (χ4v) is 1.38. The summed E-state index contributed by atoms with van der Waals surface area (Å²) < 4.78 is 15.6. The van der Waals surface area contributed by atoms with Crippen molar-refractivity contribution in [2.24, 2.45) is 5.92 Å². The van der Waals surface area contributed by atoms with Crippen LogP contribution < -0.4 is 0 Å². The Balaban J connectivity index is 2.63. The lowest BCUT2D eigenvalue weighted by Crippen LogP contribution is -2.26. The number of rotatable bonds is 3. The molecule has 1 rings (SSSR count). The Labute approximate surface area is 84.4 Å². The summed E-state index contributed by atoms with van der Waals surface area (Å²) >= 11 is 0. The molecule has 14 heavy (non-hydrogen) atoms. The maximum Gasteiger partial charge on any atom is 0.249 e. The van der Waals surface area contributed by atoms with Gasteiger partial charge < -0.3 is 14.2 Å². The van der Waals surface area contributed by atoms with Gasteiger partial charge in [0.15, 0.2) is 5.76 Å². The summed E-state index contributed by atoms with van der Waals surface area (Å²) in [6.07, 6.45) is 2.47. The Morgan fingerprint density at radius 3 is 3.00 bits per heavy atom. The summed E-state index contributed by atoms with van der Waals surface area (Å²) in [5, 5.41) is 7.47. The predicted molar refractivity (Wildman–Crippen MR) is 53.1 cm³/mol. The minimum atomic E-state index is -0.245. The van der Waals surface area contributed by atoms with Gasteiger partial charge in [-0.15, -0.1) is 0 Å². The van der Waals surface area contributed by atoms with E-state index in [1.54, 1.807) is 0 Å². The third kappa shape index (κ3) is 2.73. The molecule has 0 aromatic carbocycles. The number of hydrogen-bond acceptors (Lipinski definition) is 4. The Hall–Kier alpha value is -1.03. The minimum Gasteiger partial charge on any atom is -0.479 e. The van der Waals surface area contributed by atoms with Crippen LogP contribution in [0.5, 0.6) is 0 Å². The van der Waals surface area contributed by atoms with E-state index in [1.807, 2.05) is 13.0 Å². The lowest BCUT2D eigenvalue weighted by atomic mass is 10.0. The van der Waals surface area contributed by atoms with Crippen molar-refractivity contribution >= 4 is 5.90 Å². The van der Waals surface area contributed by atoms with Crippen LogP contribution in [0.2, 0.25) is 0 Å². The summed E-state index contributed by atoms with van der Waals surface area (Å²) in [5.41, 5.74) is 0. The Bertz CT molecular complexity index is 238. The summed E-state index contributed by atoms with van der Waals surface area (Å²) in [7, 11) is 1.46. The highest BCUT2D eigenvalue weighted by atomic mass is 16.7. The molecular formula is C10H17NO3. The van der Waals surface area contributed by atoms with Crippen molar-refractivity contribution in [3.63, 3.8) is 0 Å². The van der Waals surface area contributed by atoms with Crippen LogP contribution in [0.15, 0.2) is 11.8 Å². The Morgan fingerprint density at radius 1 is 1.71 bits per heavy atom. The molecule has 0 aliphatic carbocycles. The molecule has 0 saturated heterocycles. The molecular weight excluding hydrogens is 182 g/mol. The van der Waals surface area contributed by atoms with Crippen molar-refractivity contribution < 1.29 is 14.2 Å². The zero-order valence-corrected chi connectivity index (χ0v) is 8.87. The number of nitrogens with one attached hydrogen (secondary N) is 1. The van der Waals surface area contributed by atoms with Crippen LogP contribution in [0.1, 0.15) is 20.3 Å². The molecule has 0 unspecified atom stereocenters. The lowest BCUT2D eigenvalue weighted by Gasteiger charge is -2.27. The smallest absolute Gasteiger partial charge is 0.249 e. The van der Waals surface area contributed by atoms with Gasteiger partial charge >= 0.3 is 0 Å². The molecule has 1 aliphatic heterocycles. The van der Waals surface area contributed by atoms with Crippen LogP contribution in [0.25, 0.3) is 0 Å². The van der Waals surface area contributed by atoms with Crippen molar-refractivity contribution in [1.29, 1.82) is 5.41 Å². The van der Waals surface area contributed by atoms with Crippen LogP contribution in [-0.4, -0.2) is 25.9 Å². The number of hydrogen-bond donors (Lipinski definition) is 1. The van der Waals surface area contributed by atoms with Gasteiger partial charge in [-0.25, -0.2) is 0 Å². The first-order valence-electron chi connectivity index (χ1n) is 4.80. The first-order valence-corrected chi connectivity index (χ1v) is 4.80. The second-order valence-electron chi connectivity index (χ2n) is 3.28. The van der Waals surface area contributed by atoms with Crippen LogP contribution in [-0.2, 0) is 14.2 Å². The highest BCUT2D eigenvalue weighted by molar-refractivity contribution is 5.88. The third-order valence-electron chi connectivity index (χ3n) is 2.04. The Kier molecular flexibility index (Phi) is 3.95. The zero-order valence-electron chi connectivity index (χ0n) is 8.87. The predicted octanol–water partition coefficient (Wildman–Crippen LogP) is 1.91. The van der Waals surface area contributed by atoms with Gasteiger partial charge in [0, 0.05) is 13.0 Å². The van der Waals surface area contributed by atoms with Gasteiger partial charge in [-0.2, -0.15) is 0 Å². The molecule has 80 valence electrons. The van der Waals surface area contributed by atoms with Gasteiger partial charge in [0.1, 0.15) is 0 Å². The number of methoxy groups -OCH3 is 1. The van der Waals surface area contributed by atoms with E-state index in [2.05, 4.69) is 6.92 Å². The maximum absolute atomic E-state index is 7.47. The van der Waals surface area contributed by atoms with Gasteiger partial charge in [-0.3, -0.25) is 5.41 Å². The average Bonchev–Trinajstić information content (AvgIpc) is 2.16. The summed E-state index contributed by atoms with van der Waals surface area (Å²) in [6, 6.07) is 0. The minimum absolute atomic E-state index is 0.0567. The molecule has 0 bridgehead atoms. The van der Waals surface area contributed by atoms with E-state index in [1.165, 1.54) is 7.11 Å². The quantitative estimate of drug-likeness (QED) is 0.558. The van der Waals surface area contributed by atoms with Crippen molar-refractivity contribution in [1.82, 2.24) is 0 Å². The summed E-state index contributed by atoms with van der Waals surface area (Å²) in [6.45, 7) is 4.61. The molecule has 1 aliphatic rings. The first kappa shape index (κ1) is 11.0. The fourth-order valence-electron chi connectivity index (χ4n) is 1.38. The summed E-state index contributed by atoms with van der Waals surface area (Å²) in [4.78, 5) is 0. The second kappa shape index (κ2) is 5.00. The molecule has 0 amide bonds. The third-order valence-corrected chi connectivity index (χ3v) is 2.04. The van der Waals surface area contributed by atoms with E-state index in [4.69, 9.17) is 19.6 Å². The van der Waals surface area contributed by atoms with Gasteiger partial charge in [0.2, 0.25) is 12.2 Å². The van der Waals surface area contributed by atoms with Crippen LogP contribution in [0, 0.1) is 11.3 Å². The zero-order chi connectivity index (χ0) is 10.6. The summed E-state index contributed by atoms with van der Waals surface area (Å²) in [5.74, 6) is 0.886. The van der Waals surface area contributed by atoms with Crippen molar-refractivity contribution in [2.75, 3.05) is 13.7 Å². The van der Waals surface area contributed by atoms with Crippen LogP contribution >= 0.6 is 0 Å². The standard InChI is InChI=1S/C10H17NO3/c1-4-13-9-6-7(2)5-8(14-9)10(11)12-3/h5,7,9,11H,4,6H2,1-3H3/t7-,9+/m1/s1. The van der Waals surface area contributed by atoms with Crippen LogP contribution in [0.4, 0.5) is 0 Å². The molecule has 0 spiro atoms. The molecule has 0 radical (unpaired) electrons. The van der Waals surface area contributed by atoms with Crippen molar-refractivity contribution in [3.8, 4) is 0 Å². The van der Waals surface area contributed by atoms with Gasteiger partial charge in [0.25, 0.3) is 0 Å². The molecule has 2 atom stereocenters. The molecule has 4 heteroatoms. The van der Waals surface area contributed by atoms with Crippen molar-refractivity contribution in [2.45, 2.75) is 26.6 Å². The first-order chi connectivity index (χ1) is 6.67. The van der Waals surface area contributed by atoms with Gasteiger partial charge in [-0.05, 0) is 18.9 Å². The molecule has 0 aromatic heterocycles. The van der Waals surface area contributed by atoms with E-state index in [0.29, 0.717) is 18.3 Å². The lowest BCUT2D eigenvalue weighted by molar-refractivity contribution is -0.125. The molecule has 1 N–H and O–H groups in total. The van der Waals surface area contributed by atoms with Crippen LogP contribution in [0.3, 0.4) is 0 Å². The molecule has 1 heterocycles. The highest BCUT2D eigenvalue weighted by Gasteiger charge is 2.23. The molecule has 0 saturated carbocycles. The monoisotopic (exact) mass is 199 g/mol. The van der Waals surface area contributed by atoms with E-state index in [9.17, 15) is 0 Å². The maximum atomic E-state index is 7.47. The molecule has 0 fully saturated rings. The number of ether oxygens (including phenoxy) is 3. The van der Waals surface area contributed by atoms with Gasteiger partial charge in [0.05, 0.1) is 7.11 Å². The second-order valence-corrected chi connectivity index (χ2v) is 3.28. The van der Waals surface area contributed by atoms with E-state index in [-0.39, 0.29) is 12.2 Å². The Morgan fingerprint density at radius 2 is 2.43 bits per heavy atom. The SMILES string of the molecule is CCO[C@@H]1C[C@H](C)C=C(C(=N)OC)O1. The van der Waals surface area contributed by atoms with E-state index < -0.39 is 0 Å². The molecule has 0 aromatic rings. The number of allylic oxidation sites excluding steroid dienone is 1. The average molecular weight is 199 g/mol. The largest absolute Gasteiger partial charge is 0.479 e. The normalized spacial score (nSPS) is 26.4.